The van der Waals surface area contributed by atoms with Crippen LogP contribution in [-0.2, 0) is 10.0 Å². The zero-order valence-corrected chi connectivity index (χ0v) is 17.3. The third-order valence-corrected chi connectivity index (χ3v) is 5.65. The summed E-state index contributed by atoms with van der Waals surface area (Å²) >= 11 is 0. The molecule has 0 saturated heterocycles. The molecule has 3 aromatic rings. The zero-order valence-electron chi connectivity index (χ0n) is 16.5. The highest BCUT2D eigenvalue weighted by Crippen LogP contribution is 2.28. The number of methoxy groups -OCH3 is 1. The Kier molecular flexibility index (Phi) is 6.32. The Hall–Kier alpha value is -3.77. The second-order valence-corrected chi connectivity index (χ2v) is 7.97. The van der Waals surface area contributed by atoms with Crippen LogP contribution in [0.2, 0.25) is 0 Å². The van der Waals surface area contributed by atoms with Crippen molar-refractivity contribution < 1.29 is 22.3 Å². The van der Waals surface area contributed by atoms with Crippen molar-refractivity contribution in [1.82, 2.24) is 14.7 Å². The first kappa shape index (κ1) is 21.9. The molecule has 5 N–H and O–H groups in total. The van der Waals surface area contributed by atoms with E-state index in [2.05, 4.69) is 25.3 Å². The van der Waals surface area contributed by atoms with Crippen molar-refractivity contribution in [2.75, 3.05) is 24.8 Å². The molecule has 0 saturated carbocycles. The summed E-state index contributed by atoms with van der Waals surface area (Å²) in [6.07, 6.45) is 1.15. The smallest absolute Gasteiger partial charge is 0.254 e. The van der Waals surface area contributed by atoms with Gasteiger partial charge >= 0.3 is 0 Å². The number of aromatic nitrogens is 2. The van der Waals surface area contributed by atoms with E-state index in [1.807, 2.05) is 0 Å². The number of hydrogen-bond donors (Lipinski definition) is 4. The molecule has 3 rings (SSSR count). The van der Waals surface area contributed by atoms with E-state index in [-0.39, 0.29) is 33.6 Å². The maximum atomic E-state index is 14.1. The number of anilines is 4. The van der Waals surface area contributed by atoms with E-state index in [1.54, 1.807) is 12.1 Å². The van der Waals surface area contributed by atoms with Crippen molar-refractivity contribution in [2.45, 2.75) is 4.90 Å². The lowest BCUT2D eigenvalue weighted by Crippen LogP contribution is -2.20. The van der Waals surface area contributed by atoms with Gasteiger partial charge in [0.1, 0.15) is 27.8 Å². The molecule has 31 heavy (non-hydrogen) atoms. The van der Waals surface area contributed by atoms with E-state index in [4.69, 9.17) is 10.5 Å². The molecule has 0 unspecified atom stereocenters. The number of rotatable bonds is 8. The summed E-state index contributed by atoms with van der Waals surface area (Å²) in [7, 11) is -1.09. The van der Waals surface area contributed by atoms with Gasteiger partial charge in [-0.15, -0.1) is 0 Å². The van der Waals surface area contributed by atoms with Gasteiger partial charge in [-0.05, 0) is 31.3 Å². The molecule has 1 heterocycles. The van der Waals surface area contributed by atoms with Gasteiger partial charge in [0, 0.05) is 12.3 Å². The van der Waals surface area contributed by atoms with Crippen LogP contribution in [-0.4, -0.2) is 38.5 Å². The van der Waals surface area contributed by atoms with Crippen LogP contribution in [0.25, 0.3) is 0 Å². The van der Waals surface area contributed by atoms with Crippen LogP contribution in [0.4, 0.5) is 27.5 Å². The van der Waals surface area contributed by atoms with Gasteiger partial charge in [0.25, 0.3) is 5.91 Å². The predicted molar refractivity (Wildman–Crippen MR) is 113 cm³/mol. The number of nitrogens with zero attached hydrogens (tertiary/aromatic N) is 2. The average molecular weight is 446 g/mol. The molecular weight excluding hydrogens is 427 g/mol. The second-order valence-electron chi connectivity index (χ2n) is 6.12. The Balaban J connectivity index is 2.03. The molecule has 1 amide bonds. The molecule has 0 radical (unpaired) electrons. The minimum Gasteiger partial charge on any atom is -0.497 e. The normalized spacial score (nSPS) is 11.1. The Labute approximate surface area is 177 Å². The average Bonchev–Trinajstić information content (AvgIpc) is 2.75. The third kappa shape index (κ3) is 4.87. The van der Waals surface area contributed by atoms with Crippen molar-refractivity contribution >= 4 is 39.1 Å². The zero-order chi connectivity index (χ0) is 22.6. The first-order valence-electron chi connectivity index (χ1n) is 8.82. The van der Waals surface area contributed by atoms with Crippen molar-refractivity contribution in [1.29, 1.82) is 0 Å². The van der Waals surface area contributed by atoms with Crippen LogP contribution in [0.3, 0.4) is 0 Å². The number of carbonyl (C=O) groups is 1. The van der Waals surface area contributed by atoms with Crippen LogP contribution < -0.4 is 25.8 Å². The Morgan fingerprint density at radius 1 is 1.13 bits per heavy atom. The maximum absolute atomic E-state index is 14.1. The summed E-state index contributed by atoms with van der Waals surface area (Å²) in [6.45, 7) is 0. The third-order valence-electron chi connectivity index (χ3n) is 4.17. The summed E-state index contributed by atoms with van der Waals surface area (Å²) < 4.78 is 46.0. The van der Waals surface area contributed by atoms with Crippen LogP contribution in [0.5, 0.6) is 5.75 Å². The maximum Gasteiger partial charge on any atom is 0.254 e. The number of nitrogens with two attached hydrogens (primary N) is 1. The van der Waals surface area contributed by atoms with Crippen molar-refractivity contribution in [3.63, 3.8) is 0 Å². The van der Waals surface area contributed by atoms with Gasteiger partial charge in [-0.3, -0.25) is 4.79 Å². The number of carbonyl (C=O) groups excluding carboxylic acids is 1. The van der Waals surface area contributed by atoms with Crippen molar-refractivity contribution in [3.05, 3.63) is 60.0 Å². The molecule has 0 aliphatic carbocycles. The SMILES string of the molecule is CNS(=O)(=O)c1ccccc1Nc1nc(Nc2cc(OC)ccc2F)ncc1C(N)=O. The van der Waals surface area contributed by atoms with E-state index in [0.717, 1.165) is 6.20 Å². The molecule has 12 heteroatoms. The minimum absolute atomic E-state index is 0.0373. The molecule has 0 aliphatic rings. The molecule has 0 atom stereocenters. The standard InChI is InChI=1S/C19H19FN6O4S/c1-22-31(28,29)16-6-4-3-5-14(16)24-18-12(17(21)27)10-23-19(26-18)25-15-9-11(30-2)7-8-13(15)20/h3-10,22H,1-2H3,(H2,21,27)(H2,23,24,25,26). The number of benzene rings is 2. The van der Waals surface area contributed by atoms with E-state index in [9.17, 15) is 17.6 Å². The molecule has 2 aromatic carbocycles. The summed E-state index contributed by atoms with van der Waals surface area (Å²) in [5.41, 5.74) is 5.49. The highest BCUT2D eigenvalue weighted by molar-refractivity contribution is 7.89. The Morgan fingerprint density at radius 3 is 2.55 bits per heavy atom. The van der Waals surface area contributed by atoms with Gasteiger partial charge in [-0.1, -0.05) is 12.1 Å². The minimum atomic E-state index is -3.81. The molecule has 10 nitrogen and oxygen atoms in total. The first-order valence-corrected chi connectivity index (χ1v) is 10.3. The number of ether oxygens (including phenoxy) is 1. The lowest BCUT2D eigenvalue weighted by molar-refractivity contribution is 0.100. The van der Waals surface area contributed by atoms with E-state index < -0.39 is 21.7 Å². The summed E-state index contributed by atoms with van der Waals surface area (Å²) in [4.78, 5) is 19.9. The fourth-order valence-electron chi connectivity index (χ4n) is 2.61. The predicted octanol–water partition coefficient (Wildman–Crippen LogP) is 2.12. The number of halogens is 1. The van der Waals surface area contributed by atoms with E-state index in [1.165, 1.54) is 44.5 Å². The molecular formula is C19H19FN6O4S. The van der Waals surface area contributed by atoms with Gasteiger partial charge in [-0.2, -0.15) is 4.98 Å². The molecule has 162 valence electrons. The van der Waals surface area contributed by atoms with Gasteiger partial charge in [-0.25, -0.2) is 22.5 Å². The molecule has 1 aromatic heterocycles. The molecule has 0 fully saturated rings. The second kappa shape index (κ2) is 8.93. The van der Waals surface area contributed by atoms with E-state index in [0.29, 0.717) is 5.75 Å². The van der Waals surface area contributed by atoms with E-state index >= 15 is 0 Å². The summed E-state index contributed by atoms with van der Waals surface area (Å²) in [5, 5.41) is 5.49. The van der Waals surface area contributed by atoms with Crippen molar-refractivity contribution in [3.8, 4) is 5.75 Å². The van der Waals surface area contributed by atoms with Gasteiger partial charge < -0.3 is 21.1 Å². The topological polar surface area (TPSA) is 148 Å². The molecule has 0 spiro atoms. The summed E-state index contributed by atoms with van der Waals surface area (Å²) in [6, 6.07) is 10.1. The molecule has 0 aliphatic heterocycles. The fourth-order valence-corrected chi connectivity index (χ4v) is 3.49. The Bertz CT molecular complexity index is 1240. The van der Waals surface area contributed by atoms with Crippen LogP contribution in [0.15, 0.2) is 53.6 Å². The highest BCUT2D eigenvalue weighted by Gasteiger charge is 2.19. The number of nitrogens with one attached hydrogen (secondary N) is 3. The Morgan fingerprint density at radius 2 is 1.87 bits per heavy atom. The lowest BCUT2D eigenvalue weighted by Gasteiger charge is -2.14. The van der Waals surface area contributed by atoms with Gasteiger partial charge in [0.15, 0.2) is 0 Å². The van der Waals surface area contributed by atoms with Crippen LogP contribution in [0.1, 0.15) is 10.4 Å². The first-order chi connectivity index (χ1) is 14.7. The number of para-hydroxylation sites is 1. The van der Waals surface area contributed by atoms with Crippen molar-refractivity contribution in [2.24, 2.45) is 5.73 Å². The fraction of sp³-hybridized carbons (Fsp3) is 0.105. The highest BCUT2D eigenvalue weighted by atomic mass is 32.2. The summed E-state index contributed by atoms with van der Waals surface area (Å²) in [5.74, 6) is -1.14. The number of hydrogen-bond acceptors (Lipinski definition) is 8. The number of amides is 1. The number of sulfonamides is 1. The van der Waals surface area contributed by atoms with Gasteiger partial charge in [0.05, 0.1) is 18.5 Å². The lowest BCUT2D eigenvalue weighted by atomic mass is 10.2. The number of primary amides is 1. The largest absolute Gasteiger partial charge is 0.497 e. The van der Waals surface area contributed by atoms with Crippen LogP contribution >= 0.6 is 0 Å². The molecule has 0 bridgehead atoms. The quantitative estimate of drug-likeness (QED) is 0.411. The van der Waals surface area contributed by atoms with Crippen LogP contribution in [0, 0.1) is 5.82 Å². The monoisotopic (exact) mass is 446 g/mol. The van der Waals surface area contributed by atoms with Gasteiger partial charge in [0.2, 0.25) is 16.0 Å².